The van der Waals surface area contributed by atoms with Crippen LogP contribution in [0.5, 0.6) is 0 Å². The van der Waals surface area contributed by atoms with Crippen LogP contribution in [-0.4, -0.2) is 4.98 Å². The van der Waals surface area contributed by atoms with Crippen molar-refractivity contribution in [2.75, 3.05) is 0 Å². The molecular weight excluding hydrogens is 265 g/mol. The SMILES string of the molecule is N#Cc1c(C(F)F)cc(Br)nc1Cl. The molecule has 0 aromatic carbocycles. The second-order valence-corrected chi connectivity index (χ2v) is 3.28. The molecule has 0 fully saturated rings. The Labute approximate surface area is 86.3 Å². The van der Waals surface area contributed by atoms with Gasteiger partial charge in [-0.25, -0.2) is 13.8 Å². The number of halogens is 4. The number of hydrogen-bond acceptors (Lipinski definition) is 2. The van der Waals surface area contributed by atoms with Crippen LogP contribution in [0.25, 0.3) is 0 Å². The smallest absolute Gasteiger partial charge is 0.228 e. The number of pyridine rings is 1. The monoisotopic (exact) mass is 266 g/mol. The molecular formula is C7H2BrClF2N2. The lowest BCUT2D eigenvalue weighted by atomic mass is 10.2. The van der Waals surface area contributed by atoms with Gasteiger partial charge in [0.05, 0.1) is 5.56 Å². The summed E-state index contributed by atoms with van der Waals surface area (Å²) in [6, 6.07) is 2.66. The molecule has 0 radical (unpaired) electrons. The Morgan fingerprint density at radius 3 is 2.69 bits per heavy atom. The zero-order valence-electron chi connectivity index (χ0n) is 6.06. The van der Waals surface area contributed by atoms with Gasteiger partial charge in [-0.2, -0.15) is 5.26 Å². The van der Waals surface area contributed by atoms with Crippen LogP contribution >= 0.6 is 27.5 Å². The summed E-state index contributed by atoms with van der Waals surface area (Å²) >= 11 is 8.39. The van der Waals surface area contributed by atoms with Crippen LogP contribution in [0.15, 0.2) is 10.7 Å². The summed E-state index contributed by atoms with van der Waals surface area (Å²) in [7, 11) is 0. The Balaban J connectivity index is 3.41. The molecule has 1 aromatic rings. The van der Waals surface area contributed by atoms with Crippen molar-refractivity contribution >= 4 is 27.5 Å². The van der Waals surface area contributed by atoms with E-state index in [1.54, 1.807) is 6.07 Å². The first-order valence-electron chi connectivity index (χ1n) is 3.10. The van der Waals surface area contributed by atoms with E-state index >= 15 is 0 Å². The molecule has 6 heteroatoms. The highest BCUT2D eigenvalue weighted by Crippen LogP contribution is 2.28. The van der Waals surface area contributed by atoms with Crippen LogP contribution in [-0.2, 0) is 0 Å². The summed E-state index contributed by atoms with van der Waals surface area (Å²) in [5, 5.41) is 8.30. The molecule has 0 unspecified atom stereocenters. The Morgan fingerprint density at radius 2 is 2.23 bits per heavy atom. The Bertz CT molecular complexity index is 375. The molecule has 0 saturated carbocycles. The highest BCUT2D eigenvalue weighted by atomic mass is 79.9. The van der Waals surface area contributed by atoms with E-state index in [-0.39, 0.29) is 15.3 Å². The first kappa shape index (κ1) is 10.4. The van der Waals surface area contributed by atoms with Gasteiger partial charge in [-0.15, -0.1) is 0 Å². The fourth-order valence-corrected chi connectivity index (χ4v) is 1.55. The number of hydrogen-bond donors (Lipinski definition) is 0. The second-order valence-electron chi connectivity index (χ2n) is 2.11. The van der Waals surface area contributed by atoms with E-state index < -0.39 is 12.0 Å². The molecule has 0 aliphatic carbocycles. The highest BCUT2D eigenvalue weighted by molar-refractivity contribution is 9.10. The molecule has 1 heterocycles. The van der Waals surface area contributed by atoms with Gasteiger partial charge >= 0.3 is 0 Å². The van der Waals surface area contributed by atoms with Gasteiger partial charge in [-0.3, -0.25) is 0 Å². The van der Waals surface area contributed by atoms with Crippen LogP contribution < -0.4 is 0 Å². The normalized spacial score (nSPS) is 10.2. The summed E-state index contributed by atoms with van der Waals surface area (Å²) in [6.07, 6.45) is -2.73. The van der Waals surface area contributed by atoms with Gasteiger partial charge in [0.1, 0.15) is 15.8 Å². The maximum atomic E-state index is 12.3. The number of alkyl halides is 2. The fraction of sp³-hybridized carbons (Fsp3) is 0.143. The predicted octanol–water partition coefficient (Wildman–Crippen LogP) is 3.31. The van der Waals surface area contributed by atoms with E-state index in [9.17, 15) is 8.78 Å². The van der Waals surface area contributed by atoms with E-state index in [4.69, 9.17) is 16.9 Å². The quantitative estimate of drug-likeness (QED) is 0.732. The summed E-state index contributed by atoms with van der Waals surface area (Å²) in [5.41, 5.74) is -0.686. The van der Waals surface area contributed by atoms with Gasteiger partial charge in [0.15, 0.2) is 0 Å². The van der Waals surface area contributed by atoms with Gasteiger partial charge in [0.25, 0.3) is 6.43 Å². The molecule has 0 amide bonds. The summed E-state index contributed by atoms with van der Waals surface area (Å²) in [5.74, 6) is 0. The number of nitrogens with zero attached hydrogens (tertiary/aromatic N) is 2. The molecule has 0 aliphatic rings. The Kier molecular flexibility index (Phi) is 3.17. The highest BCUT2D eigenvalue weighted by Gasteiger charge is 2.17. The zero-order valence-corrected chi connectivity index (χ0v) is 8.40. The molecule has 0 spiro atoms. The molecule has 0 aliphatic heterocycles. The van der Waals surface area contributed by atoms with Crippen LogP contribution in [0.1, 0.15) is 17.6 Å². The predicted molar refractivity (Wildman–Crippen MR) is 46.6 cm³/mol. The molecule has 13 heavy (non-hydrogen) atoms. The third kappa shape index (κ3) is 2.14. The third-order valence-electron chi connectivity index (χ3n) is 1.32. The van der Waals surface area contributed by atoms with Crippen molar-refractivity contribution in [3.63, 3.8) is 0 Å². The lowest BCUT2D eigenvalue weighted by Crippen LogP contribution is -1.94. The molecule has 0 saturated heterocycles. The summed E-state index contributed by atoms with van der Waals surface area (Å²) in [6.45, 7) is 0. The van der Waals surface area contributed by atoms with Crippen LogP contribution in [0.3, 0.4) is 0 Å². The topological polar surface area (TPSA) is 36.7 Å². The fourth-order valence-electron chi connectivity index (χ4n) is 0.784. The maximum absolute atomic E-state index is 12.3. The van der Waals surface area contributed by atoms with E-state index in [0.717, 1.165) is 6.07 Å². The molecule has 0 atom stereocenters. The van der Waals surface area contributed by atoms with Crippen molar-refractivity contribution in [3.05, 3.63) is 26.9 Å². The minimum atomic E-state index is -2.73. The molecule has 2 nitrogen and oxygen atoms in total. The second kappa shape index (κ2) is 3.99. The standard InChI is InChI=1S/C7H2BrClF2N2/c8-5-1-3(7(10)11)4(2-12)6(9)13-5/h1,7H. The largest absolute Gasteiger partial charge is 0.265 e. The molecule has 0 N–H and O–H groups in total. The summed E-state index contributed by atoms with van der Waals surface area (Å²) < 4.78 is 24.8. The lowest BCUT2D eigenvalue weighted by Gasteiger charge is -2.03. The van der Waals surface area contributed by atoms with E-state index in [0.29, 0.717) is 0 Å². The van der Waals surface area contributed by atoms with Crippen molar-refractivity contribution in [1.82, 2.24) is 4.98 Å². The van der Waals surface area contributed by atoms with E-state index in [2.05, 4.69) is 20.9 Å². The van der Waals surface area contributed by atoms with Crippen molar-refractivity contribution in [2.45, 2.75) is 6.43 Å². The average Bonchev–Trinajstić information content (AvgIpc) is 2.02. The number of rotatable bonds is 1. The van der Waals surface area contributed by atoms with Crippen LogP contribution in [0, 0.1) is 11.3 Å². The van der Waals surface area contributed by atoms with Crippen molar-refractivity contribution in [2.24, 2.45) is 0 Å². The third-order valence-corrected chi connectivity index (χ3v) is 2.00. The lowest BCUT2D eigenvalue weighted by molar-refractivity contribution is 0.151. The zero-order chi connectivity index (χ0) is 10.0. The number of aromatic nitrogens is 1. The van der Waals surface area contributed by atoms with Gasteiger partial charge in [0, 0.05) is 5.56 Å². The molecule has 1 aromatic heterocycles. The summed E-state index contributed by atoms with van der Waals surface area (Å²) in [4.78, 5) is 3.61. The van der Waals surface area contributed by atoms with E-state index in [1.165, 1.54) is 0 Å². The van der Waals surface area contributed by atoms with Gasteiger partial charge in [-0.05, 0) is 22.0 Å². The van der Waals surface area contributed by atoms with Gasteiger partial charge < -0.3 is 0 Å². The van der Waals surface area contributed by atoms with Crippen molar-refractivity contribution in [3.8, 4) is 6.07 Å². The molecule has 0 bridgehead atoms. The van der Waals surface area contributed by atoms with Gasteiger partial charge in [-0.1, -0.05) is 11.6 Å². The first-order valence-corrected chi connectivity index (χ1v) is 4.27. The Morgan fingerprint density at radius 1 is 1.62 bits per heavy atom. The first-order chi connectivity index (χ1) is 6.06. The van der Waals surface area contributed by atoms with Crippen LogP contribution in [0.4, 0.5) is 8.78 Å². The van der Waals surface area contributed by atoms with Crippen molar-refractivity contribution in [1.29, 1.82) is 5.26 Å². The minimum absolute atomic E-state index is 0.187. The molecule has 1 rings (SSSR count). The van der Waals surface area contributed by atoms with Gasteiger partial charge in [0.2, 0.25) is 0 Å². The number of nitriles is 1. The van der Waals surface area contributed by atoms with Crippen LogP contribution in [0.2, 0.25) is 5.15 Å². The van der Waals surface area contributed by atoms with Crippen molar-refractivity contribution < 1.29 is 8.78 Å². The maximum Gasteiger partial charge on any atom is 0.265 e. The Hall–Kier alpha value is -0.730. The minimum Gasteiger partial charge on any atom is -0.228 e. The molecule has 68 valence electrons. The van der Waals surface area contributed by atoms with E-state index in [1.807, 2.05) is 0 Å². The average molecular weight is 267 g/mol.